The second-order valence-electron chi connectivity index (χ2n) is 6.66. The molecular formula is C19H15ClN6OS2. The van der Waals surface area contributed by atoms with Crippen LogP contribution in [0, 0.1) is 5.92 Å². The molecule has 3 atom stereocenters. The molecule has 1 N–H and O–H groups in total. The lowest BCUT2D eigenvalue weighted by atomic mass is 9.95. The van der Waals surface area contributed by atoms with E-state index in [0.29, 0.717) is 11.0 Å². The minimum Gasteiger partial charge on any atom is -0.360 e. The van der Waals surface area contributed by atoms with Gasteiger partial charge >= 0.3 is 0 Å². The lowest BCUT2D eigenvalue weighted by Gasteiger charge is -2.36. The SMILES string of the molecule is CC(Nc1ncnc2scnc12)C1=CC2SN=C(Cl)C2C(=O)N1c1ccccc1. The monoisotopic (exact) mass is 442 g/mol. The van der Waals surface area contributed by atoms with Crippen molar-refractivity contribution in [2.75, 3.05) is 10.2 Å². The first kappa shape index (κ1) is 18.5. The van der Waals surface area contributed by atoms with Crippen LogP contribution in [-0.4, -0.2) is 37.3 Å². The molecule has 0 saturated heterocycles. The van der Waals surface area contributed by atoms with E-state index >= 15 is 0 Å². The molecule has 0 aliphatic carbocycles. The third kappa shape index (κ3) is 3.19. The Balaban J connectivity index is 1.54. The number of nitrogens with one attached hydrogen (secondary N) is 1. The van der Waals surface area contributed by atoms with Gasteiger partial charge in [-0.25, -0.2) is 19.3 Å². The van der Waals surface area contributed by atoms with Gasteiger partial charge in [0.15, 0.2) is 5.82 Å². The maximum Gasteiger partial charge on any atom is 0.242 e. The van der Waals surface area contributed by atoms with E-state index in [9.17, 15) is 4.79 Å². The molecule has 5 rings (SSSR count). The number of anilines is 2. The first-order valence-corrected chi connectivity index (χ1v) is 11.0. The summed E-state index contributed by atoms with van der Waals surface area (Å²) in [5.41, 5.74) is 4.09. The van der Waals surface area contributed by atoms with Crippen LogP contribution in [0.1, 0.15) is 6.92 Å². The van der Waals surface area contributed by atoms with Crippen molar-refractivity contribution in [3.05, 3.63) is 53.9 Å². The number of aromatic nitrogens is 3. The second-order valence-corrected chi connectivity index (χ2v) is 8.82. The number of carbonyl (C=O) groups is 1. The van der Waals surface area contributed by atoms with Gasteiger partial charge < -0.3 is 5.32 Å². The summed E-state index contributed by atoms with van der Waals surface area (Å²) >= 11 is 9.05. The van der Waals surface area contributed by atoms with Gasteiger partial charge in [0.2, 0.25) is 5.91 Å². The van der Waals surface area contributed by atoms with Crippen LogP contribution in [-0.2, 0) is 4.79 Å². The molecule has 2 aromatic heterocycles. The lowest BCUT2D eigenvalue weighted by Crippen LogP contribution is -2.48. The average molecular weight is 443 g/mol. The van der Waals surface area contributed by atoms with Crippen molar-refractivity contribution in [1.29, 1.82) is 0 Å². The molecule has 0 fully saturated rings. The number of nitrogens with zero attached hydrogens (tertiary/aromatic N) is 5. The fraction of sp³-hybridized carbons (Fsp3) is 0.211. The van der Waals surface area contributed by atoms with Crippen LogP contribution in [0.2, 0.25) is 0 Å². The van der Waals surface area contributed by atoms with E-state index < -0.39 is 5.92 Å². The minimum absolute atomic E-state index is 0.0763. The van der Waals surface area contributed by atoms with E-state index in [0.717, 1.165) is 21.7 Å². The average Bonchev–Trinajstić information content (AvgIpc) is 3.36. The third-order valence-electron chi connectivity index (χ3n) is 4.87. The number of hydrogen-bond acceptors (Lipinski definition) is 8. The van der Waals surface area contributed by atoms with E-state index in [1.807, 2.05) is 37.3 Å². The quantitative estimate of drug-likeness (QED) is 0.612. The maximum absolute atomic E-state index is 13.4. The van der Waals surface area contributed by atoms with Crippen molar-refractivity contribution in [2.24, 2.45) is 10.3 Å². The fourth-order valence-electron chi connectivity index (χ4n) is 3.51. The summed E-state index contributed by atoms with van der Waals surface area (Å²) in [6.45, 7) is 2.00. The van der Waals surface area contributed by atoms with Gasteiger partial charge in [-0.3, -0.25) is 9.69 Å². The van der Waals surface area contributed by atoms with Crippen LogP contribution in [0.15, 0.2) is 58.3 Å². The number of amides is 1. The molecule has 0 bridgehead atoms. The predicted octanol–water partition coefficient (Wildman–Crippen LogP) is 4.10. The molecule has 4 heterocycles. The number of carbonyl (C=O) groups excluding carboxylic acids is 1. The highest BCUT2D eigenvalue weighted by Gasteiger charge is 2.45. The number of rotatable bonds is 4. The van der Waals surface area contributed by atoms with Gasteiger partial charge in [0.1, 0.15) is 27.8 Å². The Hall–Kier alpha value is -2.49. The normalized spacial score (nSPS) is 22.3. The zero-order valence-corrected chi connectivity index (χ0v) is 17.6. The van der Waals surface area contributed by atoms with Crippen molar-refractivity contribution in [1.82, 2.24) is 15.0 Å². The van der Waals surface area contributed by atoms with Crippen LogP contribution >= 0.6 is 34.9 Å². The summed E-state index contributed by atoms with van der Waals surface area (Å²) < 4.78 is 4.23. The number of hydrogen-bond donors (Lipinski definition) is 1. The van der Waals surface area contributed by atoms with E-state index in [4.69, 9.17) is 11.6 Å². The Morgan fingerprint density at radius 2 is 2.03 bits per heavy atom. The highest BCUT2D eigenvalue weighted by Crippen LogP contribution is 2.41. The van der Waals surface area contributed by atoms with Crippen LogP contribution < -0.4 is 10.2 Å². The Morgan fingerprint density at radius 1 is 1.21 bits per heavy atom. The molecular weight excluding hydrogens is 428 g/mol. The van der Waals surface area contributed by atoms with Crippen molar-refractivity contribution in [2.45, 2.75) is 18.2 Å². The smallest absolute Gasteiger partial charge is 0.242 e. The van der Waals surface area contributed by atoms with Gasteiger partial charge in [-0.15, -0.1) is 11.3 Å². The molecule has 0 spiro atoms. The first-order chi connectivity index (χ1) is 14.1. The molecule has 10 heteroatoms. The van der Waals surface area contributed by atoms with E-state index in [1.54, 1.807) is 10.4 Å². The maximum atomic E-state index is 13.4. The van der Waals surface area contributed by atoms with Crippen LogP contribution in [0.25, 0.3) is 10.3 Å². The minimum atomic E-state index is -0.456. The molecule has 0 saturated carbocycles. The van der Waals surface area contributed by atoms with Gasteiger partial charge in [-0.1, -0.05) is 29.8 Å². The highest BCUT2D eigenvalue weighted by atomic mass is 35.5. The van der Waals surface area contributed by atoms with Crippen LogP contribution in [0.4, 0.5) is 11.5 Å². The summed E-state index contributed by atoms with van der Waals surface area (Å²) in [4.78, 5) is 28.9. The number of thiazole rings is 1. The number of fused-ring (bicyclic) bond motifs is 2. The van der Waals surface area contributed by atoms with Crippen molar-refractivity contribution in [3.63, 3.8) is 0 Å². The topological polar surface area (TPSA) is 83.4 Å². The van der Waals surface area contributed by atoms with Gasteiger partial charge in [-0.05, 0) is 37.1 Å². The third-order valence-corrected chi connectivity index (χ3v) is 6.98. The molecule has 2 aliphatic rings. The van der Waals surface area contributed by atoms with E-state index in [1.165, 1.54) is 29.6 Å². The molecule has 7 nitrogen and oxygen atoms in total. The number of benzene rings is 1. The largest absolute Gasteiger partial charge is 0.360 e. The van der Waals surface area contributed by atoms with Gasteiger partial charge in [0, 0.05) is 11.4 Å². The van der Waals surface area contributed by atoms with Crippen molar-refractivity contribution < 1.29 is 4.79 Å². The Labute approximate surface area is 180 Å². The van der Waals surface area contributed by atoms with Gasteiger partial charge in [-0.2, -0.15) is 0 Å². The van der Waals surface area contributed by atoms with Crippen LogP contribution in [0.5, 0.6) is 0 Å². The molecule has 1 aromatic carbocycles. The standard InChI is InChI=1S/C19H15ClN6OS2/c1-10(24-17-15-18(22-8-21-17)28-9-23-15)12-7-13-14(16(20)25-29-13)19(27)26(12)11-5-3-2-4-6-11/h2-10,13-14H,1H3,(H,21,22,24). The zero-order chi connectivity index (χ0) is 20.0. The molecule has 3 aromatic rings. The fourth-order valence-corrected chi connectivity index (χ4v) is 5.47. The van der Waals surface area contributed by atoms with Gasteiger partial charge in [0.25, 0.3) is 0 Å². The van der Waals surface area contributed by atoms with Crippen molar-refractivity contribution >= 4 is 67.8 Å². The van der Waals surface area contributed by atoms with Gasteiger partial charge in [0.05, 0.1) is 16.8 Å². The molecule has 29 heavy (non-hydrogen) atoms. The Morgan fingerprint density at radius 3 is 2.86 bits per heavy atom. The number of para-hydroxylation sites is 1. The molecule has 146 valence electrons. The summed E-state index contributed by atoms with van der Waals surface area (Å²) in [6.07, 6.45) is 3.58. The zero-order valence-electron chi connectivity index (χ0n) is 15.2. The van der Waals surface area contributed by atoms with E-state index in [-0.39, 0.29) is 17.2 Å². The summed E-state index contributed by atoms with van der Waals surface area (Å²) in [5.74, 6) is 0.107. The summed E-state index contributed by atoms with van der Waals surface area (Å²) in [6, 6.07) is 9.36. The highest BCUT2D eigenvalue weighted by molar-refractivity contribution is 7.99. The second kappa shape index (κ2) is 7.40. The van der Waals surface area contributed by atoms with Crippen molar-refractivity contribution in [3.8, 4) is 0 Å². The molecule has 1 amide bonds. The van der Waals surface area contributed by atoms with E-state index in [2.05, 4.69) is 30.7 Å². The Kier molecular flexibility index (Phi) is 4.73. The van der Waals surface area contributed by atoms with Crippen LogP contribution in [0.3, 0.4) is 0 Å². The molecule has 3 unspecified atom stereocenters. The summed E-state index contributed by atoms with van der Waals surface area (Å²) in [7, 11) is 0. The number of halogens is 1. The molecule has 0 radical (unpaired) electrons. The Bertz CT molecular complexity index is 1150. The summed E-state index contributed by atoms with van der Waals surface area (Å²) in [5, 5.41) is 3.64. The molecule has 2 aliphatic heterocycles. The predicted molar refractivity (Wildman–Crippen MR) is 118 cm³/mol. The first-order valence-electron chi connectivity index (χ1n) is 8.94. The lowest BCUT2D eigenvalue weighted by molar-refractivity contribution is -0.120.